The van der Waals surface area contributed by atoms with Gasteiger partial charge in [-0.05, 0) is 71.5 Å². The lowest BCUT2D eigenvalue weighted by molar-refractivity contribution is 0.256. The minimum Gasteiger partial charge on any atom is -0.312 e. The predicted octanol–water partition coefficient (Wildman–Crippen LogP) is 2.23. The van der Waals surface area contributed by atoms with Gasteiger partial charge in [0.1, 0.15) is 0 Å². The minimum absolute atomic E-state index is 0.601. The van der Waals surface area contributed by atoms with Gasteiger partial charge in [0.25, 0.3) is 0 Å². The Kier molecular flexibility index (Phi) is 7.20. The van der Waals surface area contributed by atoms with E-state index < -0.39 is 0 Å². The fourth-order valence-electron chi connectivity index (χ4n) is 3.08. The number of benzene rings is 1. The van der Waals surface area contributed by atoms with Gasteiger partial charge in [0.05, 0.1) is 0 Å². The molecule has 1 N–H and O–H groups in total. The van der Waals surface area contributed by atoms with Crippen LogP contribution >= 0.6 is 0 Å². The van der Waals surface area contributed by atoms with Gasteiger partial charge in [0.15, 0.2) is 0 Å². The van der Waals surface area contributed by atoms with Crippen molar-refractivity contribution in [2.45, 2.75) is 31.7 Å². The molecule has 0 radical (unpaired) electrons. The lowest BCUT2D eigenvalue weighted by Gasteiger charge is -2.24. The molecule has 0 bridgehead atoms. The van der Waals surface area contributed by atoms with Crippen LogP contribution in [0.1, 0.15) is 24.8 Å². The molecule has 0 aromatic heterocycles. The zero-order valence-corrected chi connectivity index (χ0v) is 13.7. The molecule has 1 aromatic rings. The van der Waals surface area contributed by atoms with Gasteiger partial charge in [-0.2, -0.15) is 0 Å². The van der Waals surface area contributed by atoms with Gasteiger partial charge < -0.3 is 15.1 Å². The van der Waals surface area contributed by atoms with Crippen molar-refractivity contribution in [3.8, 4) is 0 Å². The third-order valence-corrected chi connectivity index (χ3v) is 4.22. The molecule has 1 unspecified atom stereocenters. The summed E-state index contributed by atoms with van der Waals surface area (Å²) >= 11 is 0. The summed E-state index contributed by atoms with van der Waals surface area (Å²) in [5.41, 5.74) is 1.45. The van der Waals surface area contributed by atoms with Crippen molar-refractivity contribution in [3.05, 3.63) is 35.9 Å². The number of nitrogens with one attached hydrogen (secondary N) is 1. The molecule has 1 saturated heterocycles. The Labute approximate surface area is 130 Å². The molecular formula is C18H31N3. The van der Waals surface area contributed by atoms with Crippen molar-refractivity contribution in [3.63, 3.8) is 0 Å². The summed E-state index contributed by atoms with van der Waals surface area (Å²) in [6, 6.07) is 11.5. The van der Waals surface area contributed by atoms with Crippen LogP contribution in [0, 0.1) is 0 Å². The predicted molar refractivity (Wildman–Crippen MR) is 90.8 cm³/mol. The molecule has 21 heavy (non-hydrogen) atoms. The molecule has 1 fully saturated rings. The van der Waals surface area contributed by atoms with E-state index in [0.717, 1.165) is 13.0 Å². The molecular weight excluding hydrogens is 258 g/mol. The summed E-state index contributed by atoms with van der Waals surface area (Å²) in [6.07, 6.45) is 5.05. The summed E-state index contributed by atoms with van der Waals surface area (Å²) in [6.45, 7) is 6.06. The van der Waals surface area contributed by atoms with Gasteiger partial charge in [-0.25, -0.2) is 0 Å². The number of nitrogens with zero attached hydrogens (tertiary/aromatic N) is 2. The van der Waals surface area contributed by atoms with Crippen LogP contribution in [0.15, 0.2) is 30.3 Å². The molecule has 1 aliphatic rings. The second kappa shape index (κ2) is 9.19. The van der Waals surface area contributed by atoms with E-state index in [4.69, 9.17) is 0 Å². The van der Waals surface area contributed by atoms with Crippen molar-refractivity contribution >= 4 is 0 Å². The summed E-state index contributed by atoms with van der Waals surface area (Å²) in [4.78, 5) is 4.94. The molecule has 0 amide bonds. The average molecular weight is 289 g/mol. The molecule has 1 atom stereocenters. The molecule has 2 rings (SSSR count). The van der Waals surface area contributed by atoms with Gasteiger partial charge in [-0.1, -0.05) is 30.3 Å². The standard InChI is InChI=1S/C18H31N3/c1-20(2)12-6-7-13-21-14-8-11-19-18(16-21)15-17-9-4-3-5-10-17/h3-5,9-10,18-19H,6-8,11-16H2,1-2H3. The van der Waals surface area contributed by atoms with Gasteiger partial charge in [-0.15, -0.1) is 0 Å². The maximum Gasteiger partial charge on any atom is 0.0235 e. The summed E-state index contributed by atoms with van der Waals surface area (Å²) in [7, 11) is 4.32. The molecule has 118 valence electrons. The maximum atomic E-state index is 3.72. The van der Waals surface area contributed by atoms with E-state index in [0.29, 0.717) is 6.04 Å². The van der Waals surface area contributed by atoms with Crippen molar-refractivity contribution in [2.75, 3.05) is 46.8 Å². The molecule has 0 aliphatic carbocycles. The highest BCUT2D eigenvalue weighted by molar-refractivity contribution is 5.16. The molecule has 3 heteroatoms. The van der Waals surface area contributed by atoms with Gasteiger partial charge in [-0.3, -0.25) is 0 Å². The first-order valence-corrected chi connectivity index (χ1v) is 8.38. The molecule has 1 heterocycles. The molecule has 1 aliphatic heterocycles. The van der Waals surface area contributed by atoms with Crippen LogP contribution in [0.3, 0.4) is 0 Å². The van der Waals surface area contributed by atoms with E-state index in [1.807, 2.05) is 0 Å². The first kappa shape index (κ1) is 16.5. The first-order chi connectivity index (χ1) is 10.2. The number of rotatable bonds is 7. The zero-order chi connectivity index (χ0) is 14.9. The summed E-state index contributed by atoms with van der Waals surface area (Å²) in [5.74, 6) is 0. The lowest BCUT2D eigenvalue weighted by atomic mass is 10.1. The van der Waals surface area contributed by atoms with Crippen molar-refractivity contribution in [1.82, 2.24) is 15.1 Å². The maximum absolute atomic E-state index is 3.72. The summed E-state index contributed by atoms with van der Waals surface area (Å²) < 4.78 is 0. The molecule has 1 aromatic carbocycles. The quantitative estimate of drug-likeness (QED) is 0.777. The fraction of sp³-hybridized carbons (Fsp3) is 0.667. The van der Waals surface area contributed by atoms with Crippen molar-refractivity contribution < 1.29 is 0 Å². The van der Waals surface area contributed by atoms with E-state index in [2.05, 4.69) is 59.5 Å². The fourth-order valence-corrected chi connectivity index (χ4v) is 3.08. The minimum atomic E-state index is 0.601. The van der Waals surface area contributed by atoms with Crippen molar-refractivity contribution in [1.29, 1.82) is 0 Å². The van der Waals surface area contributed by atoms with E-state index in [-0.39, 0.29) is 0 Å². The SMILES string of the molecule is CN(C)CCCCN1CCCNC(Cc2ccccc2)C1. The van der Waals surface area contributed by atoms with Gasteiger partial charge >= 0.3 is 0 Å². The normalized spacial score (nSPS) is 20.6. The van der Waals surface area contributed by atoms with Crippen LogP contribution in [0.5, 0.6) is 0 Å². The molecule has 3 nitrogen and oxygen atoms in total. The van der Waals surface area contributed by atoms with E-state index in [1.165, 1.54) is 51.0 Å². The third kappa shape index (κ3) is 6.60. The Morgan fingerprint density at radius 3 is 2.76 bits per heavy atom. The Hall–Kier alpha value is -0.900. The highest BCUT2D eigenvalue weighted by atomic mass is 15.2. The van der Waals surface area contributed by atoms with Crippen LogP contribution in [-0.2, 0) is 6.42 Å². The largest absolute Gasteiger partial charge is 0.312 e. The molecule has 0 saturated carbocycles. The van der Waals surface area contributed by atoms with E-state index in [9.17, 15) is 0 Å². The van der Waals surface area contributed by atoms with Gasteiger partial charge in [0, 0.05) is 12.6 Å². The number of unbranched alkanes of at least 4 members (excludes halogenated alkanes) is 1. The third-order valence-electron chi connectivity index (χ3n) is 4.22. The van der Waals surface area contributed by atoms with Crippen LogP contribution < -0.4 is 5.32 Å². The Morgan fingerprint density at radius 1 is 1.19 bits per heavy atom. The highest BCUT2D eigenvalue weighted by Crippen LogP contribution is 2.09. The van der Waals surface area contributed by atoms with E-state index >= 15 is 0 Å². The van der Waals surface area contributed by atoms with E-state index in [1.54, 1.807) is 0 Å². The highest BCUT2D eigenvalue weighted by Gasteiger charge is 2.17. The van der Waals surface area contributed by atoms with Crippen LogP contribution in [0.2, 0.25) is 0 Å². The average Bonchev–Trinajstić information content (AvgIpc) is 2.70. The summed E-state index contributed by atoms with van der Waals surface area (Å²) in [5, 5.41) is 3.72. The van der Waals surface area contributed by atoms with Crippen LogP contribution in [0.25, 0.3) is 0 Å². The zero-order valence-electron chi connectivity index (χ0n) is 13.7. The van der Waals surface area contributed by atoms with Crippen LogP contribution in [-0.4, -0.2) is 62.7 Å². The van der Waals surface area contributed by atoms with Crippen LogP contribution in [0.4, 0.5) is 0 Å². The topological polar surface area (TPSA) is 18.5 Å². The monoisotopic (exact) mass is 289 g/mol. The Bertz CT molecular complexity index is 377. The first-order valence-electron chi connectivity index (χ1n) is 8.38. The molecule has 0 spiro atoms. The Morgan fingerprint density at radius 2 is 2.00 bits per heavy atom. The second-order valence-electron chi connectivity index (χ2n) is 6.51. The number of hydrogen-bond donors (Lipinski definition) is 1. The second-order valence-corrected chi connectivity index (χ2v) is 6.51. The smallest absolute Gasteiger partial charge is 0.0235 e. The van der Waals surface area contributed by atoms with Gasteiger partial charge in [0.2, 0.25) is 0 Å². The van der Waals surface area contributed by atoms with Crippen molar-refractivity contribution in [2.24, 2.45) is 0 Å². The Balaban J connectivity index is 1.75. The number of hydrogen-bond acceptors (Lipinski definition) is 3. The lowest BCUT2D eigenvalue weighted by Crippen LogP contribution is -2.39.